The fourth-order valence-corrected chi connectivity index (χ4v) is 12.1. The molecule has 13 aromatic rings. The van der Waals surface area contributed by atoms with Crippen molar-refractivity contribution in [3.63, 3.8) is 0 Å². The maximum Gasteiger partial charge on any atom is 0.0597 e. The minimum atomic E-state index is 0.821. The molecular formula is C68H46N4. The Kier molecular flexibility index (Phi) is 9.05. The van der Waals surface area contributed by atoms with E-state index in [1.807, 2.05) is 0 Å². The number of anilines is 6. The van der Waals surface area contributed by atoms with Crippen LogP contribution in [-0.2, 0) is 12.8 Å². The summed E-state index contributed by atoms with van der Waals surface area (Å²) >= 11 is 0. The summed E-state index contributed by atoms with van der Waals surface area (Å²) < 4.78 is 5.16. The number of nitrogens with zero attached hydrogens (tertiary/aromatic N) is 4. The van der Waals surface area contributed by atoms with Gasteiger partial charge >= 0.3 is 0 Å². The van der Waals surface area contributed by atoms with Gasteiger partial charge in [0, 0.05) is 79.6 Å². The molecule has 0 bridgehead atoms. The number of hydrogen-bond donors (Lipinski definition) is 0. The molecule has 0 saturated heterocycles. The molecule has 0 unspecified atom stereocenters. The number of benzene rings is 11. The van der Waals surface area contributed by atoms with Crippen molar-refractivity contribution < 1.29 is 0 Å². The van der Waals surface area contributed by atoms with E-state index in [2.05, 4.69) is 274 Å². The lowest BCUT2D eigenvalue weighted by Crippen LogP contribution is -2.16. The summed E-state index contributed by atoms with van der Waals surface area (Å²) in [6.07, 6.45) is 1.64. The highest BCUT2D eigenvalue weighted by Gasteiger charge is 2.31. The van der Waals surface area contributed by atoms with Crippen molar-refractivity contribution >= 4 is 77.7 Å². The Labute approximate surface area is 418 Å². The van der Waals surface area contributed by atoms with Crippen LogP contribution in [0.3, 0.4) is 0 Å². The fraction of sp³-hybridized carbons (Fsp3) is 0.0294. The first kappa shape index (κ1) is 40.5. The van der Waals surface area contributed by atoms with Crippen molar-refractivity contribution in [2.75, 3.05) is 9.80 Å². The molecule has 2 aliphatic heterocycles. The quantitative estimate of drug-likeness (QED) is 0.151. The van der Waals surface area contributed by atoms with Gasteiger partial charge in [0.2, 0.25) is 0 Å². The van der Waals surface area contributed by atoms with Gasteiger partial charge in [0.15, 0.2) is 0 Å². The van der Waals surface area contributed by atoms with Crippen LogP contribution in [0.15, 0.2) is 255 Å². The maximum atomic E-state index is 2.58. The summed E-state index contributed by atoms with van der Waals surface area (Å²) in [6.45, 7) is 0. The fourth-order valence-electron chi connectivity index (χ4n) is 12.1. The molecular weight excluding hydrogens is 873 g/mol. The van der Waals surface area contributed by atoms with E-state index in [1.54, 1.807) is 0 Å². The maximum absolute atomic E-state index is 2.58. The topological polar surface area (TPSA) is 16.3 Å². The van der Waals surface area contributed by atoms with Crippen molar-refractivity contribution in [2.24, 2.45) is 0 Å². The third-order valence-corrected chi connectivity index (χ3v) is 15.3. The second-order valence-corrected chi connectivity index (χ2v) is 19.3. The molecule has 2 aliphatic rings. The molecule has 4 heteroatoms. The number of rotatable bonds is 8. The van der Waals surface area contributed by atoms with Crippen molar-refractivity contribution in [3.8, 4) is 33.6 Å². The van der Waals surface area contributed by atoms with Crippen LogP contribution < -0.4 is 9.80 Å². The monoisotopic (exact) mass is 918 g/mol. The molecule has 0 spiro atoms. The molecule has 0 radical (unpaired) electrons. The Bertz CT molecular complexity index is 3990. The Morgan fingerprint density at radius 3 is 1.07 bits per heavy atom. The summed E-state index contributed by atoms with van der Waals surface area (Å²) in [4.78, 5) is 4.93. The van der Waals surface area contributed by atoms with Gasteiger partial charge in [-0.1, -0.05) is 170 Å². The lowest BCUT2D eigenvalue weighted by atomic mass is 9.94. The van der Waals surface area contributed by atoms with Gasteiger partial charge in [-0.05, 0) is 118 Å². The summed E-state index contributed by atoms with van der Waals surface area (Å²) in [5, 5.41) is 5.05. The highest BCUT2D eigenvalue weighted by atomic mass is 15.2. The molecule has 2 aromatic heterocycles. The molecule has 0 atom stereocenters. The van der Waals surface area contributed by atoms with Gasteiger partial charge in [0.05, 0.1) is 33.4 Å². The van der Waals surface area contributed by atoms with Crippen LogP contribution in [0, 0.1) is 0 Å². The highest BCUT2D eigenvalue weighted by Crippen LogP contribution is 2.51. The molecule has 338 valence electrons. The minimum absolute atomic E-state index is 0.821. The zero-order valence-electron chi connectivity index (χ0n) is 39.5. The second-order valence-electron chi connectivity index (χ2n) is 19.3. The minimum Gasteiger partial charge on any atom is -0.310 e. The summed E-state index contributed by atoms with van der Waals surface area (Å²) in [5.74, 6) is 0. The smallest absolute Gasteiger partial charge is 0.0597 e. The third kappa shape index (κ3) is 6.19. The van der Waals surface area contributed by atoms with E-state index in [0.717, 1.165) is 35.6 Å². The lowest BCUT2D eigenvalue weighted by molar-refractivity contribution is 1.04. The molecule has 4 heterocycles. The zero-order valence-corrected chi connectivity index (χ0v) is 39.5. The first-order valence-electron chi connectivity index (χ1n) is 25.0. The van der Waals surface area contributed by atoms with Crippen LogP contribution >= 0.6 is 0 Å². The van der Waals surface area contributed by atoms with Crippen LogP contribution in [0.5, 0.6) is 0 Å². The summed E-state index contributed by atoms with van der Waals surface area (Å²) in [5.41, 5.74) is 24.5. The van der Waals surface area contributed by atoms with E-state index in [-0.39, 0.29) is 0 Å². The number of hydrogen-bond acceptors (Lipinski definition) is 2. The molecule has 72 heavy (non-hydrogen) atoms. The van der Waals surface area contributed by atoms with E-state index in [9.17, 15) is 0 Å². The Balaban J connectivity index is 0.985. The van der Waals surface area contributed by atoms with Gasteiger partial charge in [-0.2, -0.15) is 0 Å². The molecule has 15 rings (SSSR count). The van der Waals surface area contributed by atoms with Gasteiger partial charge in [-0.25, -0.2) is 0 Å². The Morgan fingerprint density at radius 1 is 0.278 bits per heavy atom. The van der Waals surface area contributed by atoms with Crippen molar-refractivity contribution in [2.45, 2.75) is 12.8 Å². The van der Waals surface area contributed by atoms with E-state index in [4.69, 9.17) is 0 Å². The van der Waals surface area contributed by atoms with Crippen molar-refractivity contribution in [1.82, 2.24) is 9.13 Å². The average molecular weight is 919 g/mol. The second kappa shape index (κ2) is 16.1. The molecule has 0 saturated carbocycles. The summed E-state index contributed by atoms with van der Waals surface area (Å²) in [6, 6.07) is 93.8. The number of aromatic nitrogens is 2. The summed E-state index contributed by atoms with van der Waals surface area (Å²) in [7, 11) is 0. The average Bonchev–Trinajstić information content (AvgIpc) is 3.96. The van der Waals surface area contributed by atoms with Gasteiger partial charge in [0.25, 0.3) is 0 Å². The van der Waals surface area contributed by atoms with Crippen LogP contribution in [0.25, 0.3) is 77.2 Å². The first-order chi connectivity index (χ1) is 35.7. The van der Waals surface area contributed by atoms with Gasteiger partial charge in [-0.3, -0.25) is 0 Å². The van der Waals surface area contributed by atoms with E-state index in [0.29, 0.717) is 0 Å². The van der Waals surface area contributed by atoms with Crippen LogP contribution in [0.4, 0.5) is 34.1 Å². The van der Waals surface area contributed by atoms with Crippen molar-refractivity contribution in [3.05, 3.63) is 277 Å². The molecule has 0 fully saturated rings. The van der Waals surface area contributed by atoms with Crippen LogP contribution in [-0.4, -0.2) is 9.13 Å². The molecule has 0 amide bonds. The first-order valence-corrected chi connectivity index (χ1v) is 25.0. The standard InChI is InChI=1S/C68H46N4/c1-5-19-45(20-6-1)47-25-17-31-53(39-47)69(51-27-9-3-10-28-51)63-37-35-55-57-43-66-58(44-65(57)71-61-33-15-13-23-49(61)41-59(63)67(55)71)56-36-38-64(60-42-50-24-14-16-34-62(50)72(66)68(56)60)70(52-29-11-4-12-30-52)54-32-18-26-48(40-54)46-21-7-2-8-22-46/h1-40,43-44H,41-42H2. The SMILES string of the molecule is c1ccc(-c2cccc(N(c3ccccc3)c3ccc4c5cc6c(cc5n5c4c3Cc3ccccc3-5)c3ccc(N(c4ccccc4)c4cccc(-c5ccccc5)c4)c4c3n6-c3ccccc3C4)c2)cc1. The van der Waals surface area contributed by atoms with Crippen molar-refractivity contribution in [1.29, 1.82) is 0 Å². The Hall–Kier alpha value is -9.38. The van der Waals surface area contributed by atoms with E-state index >= 15 is 0 Å². The van der Waals surface area contributed by atoms with Gasteiger partial charge in [0.1, 0.15) is 0 Å². The normalized spacial score (nSPS) is 12.3. The molecule has 0 N–H and O–H groups in total. The largest absolute Gasteiger partial charge is 0.310 e. The van der Waals surface area contributed by atoms with E-state index in [1.165, 1.54) is 111 Å². The van der Waals surface area contributed by atoms with Gasteiger partial charge in [-0.15, -0.1) is 0 Å². The number of para-hydroxylation sites is 4. The Morgan fingerprint density at radius 2 is 0.639 bits per heavy atom. The highest BCUT2D eigenvalue weighted by molar-refractivity contribution is 6.21. The predicted octanol–water partition coefficient (Wildman–Crippen LogP) is 18.0. The molecule has 0 aliphatic carbocycles. The van der Waals surface area contributed by atoms with Crippen LogP contribution in [0.1, 0.15) is 22.3 Å². The molecule has 4 nitrogen and oxygen atoms in total. The lowest BCUT2D eigenvalue weighted by Gasteiger charge is -2.31. The predicted molar refractivity (Wildman–Crippen MR) is 301 cm³/mol. The van der Waals surface area contributed by atoms with E-state index < -0.39 is 0 Å². The zero-order chi connectivity index (χ0) is 47.3. The molecule has 11 aromatic carbocycles. The van der Waals surface area contributed by atoms with Gasteiger partial charge < -0.3 is 18.9 Å². The third-order valence-electron chi connectivity index (χ3n) is 15.3. The van der Waals surface area contributed by atoms with Crippen LogP contribution in [0.2, 0.25) is 0 Å². The number of fused-ring (bicyclic) bond motifs is 10.